The number of hydrogen-bond acceptors (Lipinski definition) is 3. The molecule has 0 aromatic heterocycles. The Hall–Kier alpha value is -3.57. The Kier molecular flexibility index (Phi) is 7.41. The van der Waals surface area contributed by atoms with E-state index in [0.717, 1.165) is 11.1 Å². The number of hydrogen-bond donors (Lipinski definition) is 2. The van der Waals surface area contributed by atoms with Crippen molar-refractivity contribution in [3.63, 3.8) is 0 Å². The van der Waals surface area contributed by atoms with Gasteiger partial charge in [-0.1, -0.05) is 24.3 Å². The largest absolute Gasteiger partial charge is 0.416 e. The van der Waals surface area contributed by atoms with Gasteiger partial charge in [0.25, 0.3) is 0 Å². The number of nitrogens with one attached hydrogen (secondary N) is 2. The van der Waals surface area contributed by atoms with E-state index in [4.69, 9.17) is 0 Å². The van der Waals surface area contributed by atoms with Crippen molar-refractivity contribution < 1.29 is 40.7 Å². The molecular formula is C23H21F6N3O3. The topological polar surface area (TPSA) is 78.5 Å². The first kappa shape index (κ1) is 26.0. The van der Waals surface area contributed by atoms with Crippen LogP contribution in [-0.2, 0) is 46.2 Å². The van der Waals surface area contributed by atoms with Crippen molar-refractivity contribution >= 4 is 17.7 Å². The van der Waals surface area contributed by atoms with Gasteiger partial charge < -0.3 is 15.5 Å². The minimum Gasteiger partial charge on any atom is -0.350 e. The van der Waals surface area contributed by atoms with E-state index in [-0.39, 0.29) is 19.0 Å². The van der Waals surface area contributed by atoms with E-state index in [9.17, 15) is 40.7 Å². The van der Waals surface area contributed by atoms with Gasteiger partial charge in [0.15, 0.2) is 0 Å². The zero-order chi connectivity index (χ0) is 26.0. The van der Waals surface area contributed by atoms with Gasteiger partial charge in [-0.05, 0) is 34.9 Å². The van der Waals surface area contributed by atoms with Crippen LogP contribution in [0.15, 0.2) is 42.5 Å². The molecule has 6 nitrogen and oxygen atoms in total. The first-order valence-corrected chi connectivity index (χ1v) is 10.4. The summed E-state index contributed by atoms with van der Waals surface area (Å²) in [6.07, 6.45) is -9.81. The molecule has 0 fully saturated rings. The summed E-state index contributed by atoms with van der Waals surface area (Å²) in [6, 6.07) is 7.17. The van der Waals surface area contributed by atoms with Crippen LogP contribution in [0.1, 0.15) is 34.7 Å². The highest BCUT2D eigenvalue weighted by molar-refractivity contribution is 5.90. The molecule has 0 bridgehead atoms. The molecule has 0 saturated carbocycles. The van der Waals surface area contributed by atoms with E-state index in [1.807, 2.05) is 0 Å². The Morgan fingerprint density at radius 2 is 1.54 bits per heavy atom. The Balaban J connectivity index is 1.76. The highest BCUT2D eigenvalue weighted by atomic mass is 19.4. The summed E-state index contributed by atoms with van der Waals surface area (Å²) in [5, 5.41) is 4.81. The number of benzene rings is 2. The molecule has 3 amide bonds. The van der Waals surface area contributed by atoms with Crippen LogP contribution in [0.25, 0.3) is 0 Å². The molecule has 0 spiro atoms. The molecular weight excluding hydrogens is 480 g/mol. The van der Waals surface area contributed by atoms with Crippen LogP contribution in [0.5, 0.6) is 0 Å². The van der Waals surface area contributed by atoms with Gasteiger partial charge in [0.2, 0.25) is 17.7 Å². The molecule has 2 aromatic carbocycles. The second-order valence-corrected chi connectivity index (χ2v) is 8.11. The van der Waals surface area contributed by atoms with E-state index in [0.29, 0.717) is 12.1 Å². The molecule has 0 unspecified atom stereocenters. The van der Waals surface area contributed by atoms with Crippen molar-refractivity contribution in [3.05, 3.63) is 70.3 Å². The number of halogens is 6. The Bertz CT molecular complexity index is 1100. The number of carbonyl (C=O) groups excluding carboxylic acids is 3. The highest BCUT2D eigenvalue weighted by Gasteiger charge is 2.37. The van der Waals surface area contributed by atoms with Gasteiger partial charge in [0, 0.05) is 26.4 Å². The number of alkyl halides is 6. The van der Waals surface area contributed by atoms with Crippen molar-refractivity contribution in [1.82, 2.24) is 15.5 Å². The van der Waals surface area contributed by atoms with E-state index in [1.165, 1.54) is 11.8 Å². The van der Waals surface area contributed by atoms with Crippen LogP contribution in [0.2, 0.25) is 0 Å². The normalized spacial score (nSPS) is 16.4. The van der Waals surface area contributed by atoms with Crippen LogP contribution >= 0.6 is 0 Å². The van der Waals surface area contributed by atoms with Crippen molar-refractivity contribution in [1.29, 1.82) is 0 Å². The van der Waals surface area contributed by atoms with Crippen LogP contribution in [-0.4, -0.2) is 35.2 Å². The number of nitrogens with zero attached hydrogens (tertiary/aromatic N) is 1. The molecule has 0 radical (unpaired) electrons. The summed E-state index contributed by atoms with van der Waals surface area (Å²) in [5.41, 5.74) is -1.84. The number of carbonyl (C=O) groups is 3. The zero-order valence-electron chi connectivity index (χ0n) is 18.4. The lowest BCUT2D eigenvalue weighted by Crippen LogP contribution is -2.49. The predicted molar refractivity (Wildman–Crippen MR) is 111 cm³/mol. The minimum atomic E-state index is -5.01. The molecule has 1 aliphatic rings. The maximum atomic E-state index is 13.0. The smallest absolute Gasteiger partial charge is 0.350 e. The molecule has 0 aliphatic carbocycles. The molecule has 12 heteroatoms. The molecule has 1 aliphatic heterocycles. The standard InChI is InChI=1S/C23H21F6N3O3/c1-13(33)31-19-8-15-4-2-3-5-16(15)11-32(21(19)35)12-20(34)30-10-14-6-17(22(24,25)26)9-18(7-14)23(27,28)29/h2-7,9,19H,8,10-12H2,1H3,(H,30,34)(H,31,33)/t19-/m0/s1. The SMILES string of the molecule is CC(=O)N[C@H]1Cc2ccccc2CN(CC(=O)NCc2cc(C(F)(F)F)cc(C(F)(F)F)c2)C1=O. The zero-order valence-corrected chi connectivity index (χ0v) is 18.4. The molecule has 3 rings (SSSR count). The third kappa shape index (κ3) is 6.74. The monoisotopic (exact) mass is 501 g/mol. The highest BCUT2D eigenvalue weighted by Crippen LogP contribution is 2.36. The third-order valence-corrected chi connectivity index (χ3v) is 5.36. The molecule has 2 N–H and O–H groups in total. The first-order valence-electron chi connectivity index (χ1n) is 10.4. The fourth-order valence-corrected chi connectivity index (χ4v) is 3.77. The van der Waals surface area contributed by atoms with Gasteiger partial charge in [0.1, 0.15) is 6.04 Å². The molecule has 0 saturated heterocycles. The summed E-state index contributed by atoms with van der Waals surface area (Å²) < 4.78 is 78.3. The van der Waals surface area contributed by atoms with Crippen LogP contribution in [0.4, 0.5) is 26.3 Å². The van der Waals surface area contributed by atoms with Gasteiger partial charge in [-0.3, -0.25) is 14.4 Å². The lowest BCUT2D eigenvalue weighted by molar-refractivity contribution is -0.143. The number of fused-ring (bicyclic) bond motifs is 1. The number of amides is 3. The van der Waals surface area contributed by atoms with Gasteiger partial charge in [0.05, 0.1) is 17.7 Å². The fourth-order valence-electron chi connectivity index (χ4n) is 3.77. The van der Waals surface area contributed by atoms with Gasteiger partial charge in [-0.2, -0.15) is 26.3 Å². The lowest BCUT2D eigenvalue weighted by Gasteiger charge is -2.24. The van der Waals surface area contributed by atoms with E-state index in [2.05, 4.69) is 10.6 Å². The minimum absolute atomic E-state index is 0.000820. The first-order chi connectivity index (χ1) is 16.2. The molecule has 35 heavy (non-hydrogen) atoms. The van der Waals surface area contributed by atoms with Gasteiger partial charge in [-0.25, -0.2) is 0 Å². The van der Waals surface area contributed by atoms with E-state index in [1.54, 1.807) is 24.3 Å². The van der Waals surface area contributed by atoms with Crippen LogP contribution < -0.4 is 10.6 Å². The van der Waals surface area contributed by atoms with Gasteiger partial charge in [-0.15, -0.1) is 0 Å². The van der Waals surface area contributed by atoms with Crippen molar-refractivity contribution in [3.8, 4) is 0 Å². The fraction of sp³-hybridized carbons (Fsp3) is 0.348. The van der Waals surface area contributed by atoms with Gasteiger partial charge >= 0.3 is 12.4 Å². The van der Waals surface area contributed by atoms with Crippen LogP contribution in [0, 0.1) is 0 Å². The van der Waals surface area contributed by atoms with E-state index >= 15 is 0 Å². The lowest BCUT2D eigenvalue weighted by atomic mass is 10.0. The second-order valence-electron chi connectivity index (χ2n) is 8.11. The second kappa shape index (κ2) is 9.96. The molecule has 1 atom stereocenters. The van der Waals surface area contributed by atoms with Crippen molar-refractivity contribution in [2.24, 2.45) is 0 Å². The maximum absolute atomic E-state index is 13.0. The predicted octanol–water partition coefficient (Wildman–Crippen LogP) is 3.43. The summed E-state index contributed by atoms with van der Waals surface area (Å²) in [4.78, 5) is 38.2. The average Bonchev–Trinajstić information content (AvgIpc) is 2.87. The van der Waals surface area contributed by atoms with Crippen molar-refractivity contribution in [2.45, 2.75) is 44.8 Å². The molecule has 2 aromatic rings. The summed E-state index contributed by atoms with van der Waals surface area (Å²) in [6.45, 7) is 0.166. The van der Waals surface area contributed by atoms with E-state index < -0.39 is 65.9 Å². The molecule has 1 heterocycles. The Labute approximate surface area is 196 Å². The summed E-state index contributed by atoms with van der Waals surface area (Å²) in [5.74, 6) is -1.77. The summed E-state index contributed by atoms with van der Waals surface area (Å²) in [7, 11) is 0. The Morgan fingerprint density at radius 3 is 2.09 bits per heavy atom. The number of rotatable bonds is 5. The molecule has 188 valence electrons. The summed E-state index contributed by atoms with van der Waals surface area (Å²) >= 11 is 0. The van der Waals surface area contributed by atoms with Crippen molar-refractivity contribution in [2.75, 3.05) is 6.54 Å². The Morgan fingerprint density at radius 1 is 0.971 bits per heavy atom. The average molecular weight is 501 g/mol. The maximum Gasteiger partial charge on any atom is 0.416 e. The van der Waals surface area contributed by atoms with Crippen LogP contribution in [0.3, 0.4) is 0 Å². The third-order valence-electron chi connectivity index (χ3n) is 5.36. The quantitative estimate of drug-likeness (QED) is 0.617.